The molecule has 0 saturated carbocycles. The SMILES string of the molecule is COC1(C)CCCN(C(=O)N(C)CCCC(=O)O)C1. The summed E-state index contributed by atoms with van der Waals surface area (Å²) in [5, 5.41) is 8.58. The number of carbonyl (C=O) groups is 2. The topological polar surface area (TPSA) is 70.1 Å². The molecule has 1 aliphatic rings. The Balaban J connectivity index is 2.45. The van der Waals surface area contributed by atoms with E-state index in [1.54, 1.807) is 24.0 Å². The van der Waals surface area contributed by atoms with Crippen LogP contribution in [0.2, 0.25) is 0 Å². The van der Waals surface area contributed by atoms with E-state index in [9.17, 15) is 9.59 Å². The maximum atomic E-state index is 12.2. The number of carboxylic acid groups (broad SMARTS) is 1. The summed E-state index contributed by atoms with van der Waals surface area (Å²) in [5.74, 6) is -0.828. The van der Waals surface area contributed by atoms with Gasteiger partial charge in [0.05, 0.1) is 12.1 Å². The molecule has 1 N–H and O–H groups in total. The van der Waals surface area contributed by atoms with E-state index in [-0.39, 0.29) is 18.1 Å². The largest absolute Gasteiger partial charge is 0.481 e. The second-order valence-electron chi connectivity index (χ2n) is 5.38. The fourth-order valence-corrected chi connectivity index (χ4v) is 2.34. The zero-order chi connectivity index (χ0) is 14.5. The third-order valence-electron chi connectivity index (χ3n) is 3.63. The molecule has 1 aliphatic heterocycles. The Morgan fingerprint density at radius 3 is 2.74 bits per heavy atom. The third-order valence-corrected chi connectivity index (χ3v) is 3.63. The number of rotatable bonds is 5. The summed E-state index contributed by atoms with van der Waals surface area (Å²) in [6, 6.07) is -0.0478. The van der Waals surface area contributed by atoms with Crippen molar-refractivity contribution in [1.29, 1.82) is 0 Å². The Hall–Kier alpha value is -1.30. The van der Waals surface area contributed by atoms with Gasteiger partial charge in [-0.15, -0.1) is 0 Å². The van der Waals surface area contributed by atoms with Gasteiger partial charge < -0.3 is 19.6 Å². The zero-order valence-electron chi connectivity index (χ0n) is 12.0. The van der Waals surface area contributed by atoms with Crippen molar-refractivity contribution in [2.24, 2.45) is 0 Å². The van der Waals surface area contributed by atoms with Gasteiger partial charge in [0, 0.05) is 33.7 Å². The maximum absolute atomic E-state index is 12.2. The molecule has 19 heavy (non-hydrogen) atoms. The van der Waals surface area contributed by atoms with Crippen molar-refractivity contribution in [3.05, 3.63) is 0 Å². The highest BCUT2D eigenvalue weighted by atomic mass is 16.5. The van der Waals surface area contributed by atoms with Crippen molar-refractivity contribution in [1.82, 2.24) is 9.80 Å². The Morgan fingerprint density at radius 2 is 2.16 bits per heavy atom. The van der Waals surface area contributed by atoms with Crippen molar-refractivity contribution >= 4 is 12.0 Å². The summed E-state index contributed by atoms with van der Waals surface area (Å²) >= 11 is 0. The van der Waals surface area contributed by atoms with E-state index >= 15 is 0 Å². The second kappa shape index (κ2) is 6.75. The van der Waals surface area contributed by atoms with Crippen molar-refractivity contribution in [2.45, 2.75) is 38.2 Å². The molecule has 6 heteroatoms. The molecule has 1 rings (SSSR count). The second-order valence-corrected chi connectivity index (χ2v) is 5.38. The van der Waals surface area contributed by atoms with E-state index in [0.717, 1.165) is 19.4 Å². The molecule has 1 saturated heterocycles. The smallest absolute Gasteiger partial charge is 0.319 e. The van der Waals surface area contributed by atoms with Crippen LogP contribution in [0.4, 0.5) is 4.79 Å². The minimum Gasteiger partial charge on any atom is -0.481 e. The minimum atomic E-state index is -0.828. The molecule has 2 amide bonds. The lowest BCUT2D eigenvalue weighted by Crippen LogP contribution is -2.53. The monoisotopic (exact) mass is 272 g/mol. The Labute approximate surface area is 114 Å². The molecule has 0 aliphatic carbocycles. The first-order valence-corrected chi connectivity index (χ1v) is 6.65. The highest BCUT2D eigenvalue weighted by molar-refractivity contribution is 5.74. The normalized spacial score (nSPS) is 23.2. The van der Waals surface area contributed by atoms with E-state index in [2.05, 4.69) is 0 Å². The highest BCUT2D eigenvalue weighted by Crippen LogP contribution is 2.24. The molecule has 0 aromatic heterocycles. The molecule has 0 aromatic carbocycles. The number of amides is 2. The quantitative estimate of drug-likeness (QED) is 0.821. The molecule has 0 aromatic rings. The van der Waals surface area contributed by atoms with Gasteiger partial charge in [-0.1, -0.05) is 0 Å². The number of hydrogen-bond acceptors (Lipinski definition) is 3. The zero-order valence-corrected chi connectivity index (χ0v) is 12.0. The number of likely N-dealkylation sites (tertiary alicyclic amines) is 1. The first-order chi connectivity index (χ1) is 8.88. The van der Waals surface area contributed by atoms with Gasteiger partial charge in [-0.25, -0.2) is 4.79 Å². The van der Waals surface area contributed by atoms with Gasteiger partial charge in [0.1, 0.15) is 0 Å². The number of nitrogens with zero attached hydrogens (tertiary/aromatic N) is 2. The van der Waals surface area contributed by atoms with Crippen LogP contribution in [0.25, 0.3) is 0 Å². The average molecular weight is 272 g/mol. The molecule has 1 heterocycles. The predicted molar refractivity (Wildman–Crippen MR) is 71.1 cm³/mol. The maximum Gasteiger partial charge on any atom is 0.319 e. The number of aliphatic carboxylic acids is 1. The van der Waals surface area contributed by atoms with Crippen LogP contribution < -0.4 is 0 Å². The van der Waals surface area contributed by atoms with Gasteiger partial charge >= 0.3 is 12.0 Å². The lowest BCUT2D eigenvalue weighted by Gasteiger charge is -2.40. The molecule has 1 atom stereocenters. The van der Waals surface area contributed by atoms with E-state index in [4.69, 9.17) is 9.84 Å². The number of hydrogen-bond donors (Lipinski definition) is 1. The molecule has 1 unspecified atom stereocenters. The number of ether oxygens (including phenoxy) is 1. The van der Waals surface area contributed by atoms with Crippen LogP contribution in [-0.4, -0.2) is 66.3 Å². The highest BCUT2D eigenvalue weighted by Gasteiger charge is 2.33. The Bertz CT molecular complexity index is 335. The fourth-order valence-electron chi connectivity index (χ4n) is 2.34. The van der Waals surface area contributed by atoms with Crippen molar-refractivity contribution < 1.29 is 19.4 Å². The number of carboxylic acids is 1. The summed E-state index contributed by atoms with van der Waals surface area (Å²) in [5.41, 5.74) is -0.268. The van der Waals surface area contributed by atoms with Crippen LogP contribution >= 0.6 is 0 Å². The average Bonchev–Trinajstić information content (AvgIpc) is 2.37. The fraction of sp³-hybridized carbons (Fsp3) is 0.846. The van der Waals surface area contributed by atoms with Crippen LogP contribution in [0.3, 0.4) is 0 Å². The molecule has 1 fully saturated rings. The molecular weight excluding hydrogens is 248 g/mol. The lowest BCUT2D eigenvalue weighted by atomic mass is 9.95. The number of urea groups is 1. The first-order valence-electron chi connectivity index (χ1n) is 6.65. The van der Waals surface area contributed by atoms with E-state index < -0.39 is 5.97 Å². The van der Waals surface area contributed by atoms with Gasteiger partial charge in [0.25, 0.3) is 0 Å². The van der Waals surface area contributed by atoms with E-state index in [1.807, 2.05) is 6.92 Å². The molecule has 6 nitrogen and oxygen atoms in total. The standard InChI is InChI=1S/C13H24N2O4/c1-13(19-3)7-5-9-15(10-13)12(18)14(2)8-4-6-11(16)17/h4-10H2,1-3H3,(H,16,17). The summed E-state index contributed by atoms with van der Waals surface area (Å²) < 4.78 is 5.46. The molecule has 0 radical (unpaired) electrons. The van der Waals surface area contributed by atoms with E-state index in [0.29, 0.717) is 19.5 Å². The van der Waals surface area contributed by atoms with Crippen molar-refractivity contribution in [3.63, 3.8) is 0 Å². The van der Waals surface area contributed by atoms with Gasteiger partial charge in [0.15, 0.2) is 0 Å². The van der Waals surface area contributed by atoms with E-state index in [1.165, 1.54) is 0 Å². The summed E-state index contributed by atoms with van der Waals surface area (Å²) in [4.78, 5) is 26.0. The lowest BCUT2D eigenvalue weighted by molar-refractivity contribution is -0.137. The first kappa shape index (κ1) is 15.8. The van der Waals surface area contributed by atoms with Gasteiger partial charge in [-0.3, -0.25) is 4.79 Å². The predicted octanol–water partition coefficient (Wildman–Crippen LogP) is 1.40. The van der Waals surface area contributed by atoms with Crippen LogP contribution in [0.15, 0.2) is 0 Å². The van der Waals surface area contributed by atoms with Gasteiger partial charge in [0.2, 0.25) is 0 Å². The molecule has 110 valence electrons. The summed E-state index contributed by atoms with van der Waals surface area (Å²) in [6.45, 7) is 3.80. The number of methoxy groups -OCH3 is 1. The van der Waals surface area contributed by atoms with Crippen LogP contribution in [0.5, 0.6) is 0 Å². The van der Waals surface area contributed by atoms with Crippen LogP contribution in [0.1, 0.15) is 32.6 Å². The van der Waals surface area contributed by atoms with Gasteiger partial charge in [-0.2, -0.15) is 0 Å². The summed E-state index contributed by atoms with van der Waals surface area (Å²) in [7, 11) is 3.38. The minimum absolute atomic E-state index is 0.0478. The third kappa shape index (κ3) is 4.70. The molecular formula is C13H24N2O4. The van der Waals surface area contributed by atoms with Crippen molar-refractivity contribution in [3.8, 4) is 0 Å². The molecule has 0 spiro atoms. The molecule has 0 bridgehead atoms. The Morgan fingerprint density at radius 1 is 1.47 bits per heavy atom. The van der Waals surface area contributed by atoms with Gasteiger partial charge in [-0.05, 0) is 26.2 Å². The number of piperidine rings is 1. The van der Waals surface area contributed by atoms with Crippen molar-refractivity contribution in [2.75, 3.05) is 33.8 Å². The Kier molecular flexibility index (Phi) is 5.60. The summed E-state index contributed by atoms with van der Waals surface area (Å²) in [6.07, 6.45) is 2.45. The number of carbonyl (C=O) groups excluding carboxylic acids is 1. The van der Waals surface area contributed by atoms with Crippen LogP contribution in [0, 0.1) is 0 Å². The van der Waals surface area contributed by atoms with Crippen LogP contribution in [-0.2, 0) is 9.53 Å².